The molecular formula is C47H71N8O9P. The number of carbonyl (C=O) groups is 6. The van der Waals surface area contributed by atoms with E-state index in [4.69, 9.17) is 10.5 Å². The van der Waals surface area contributed by atoms with Gasteiger partial charge in [-0.15, -0.1) is 0 Å². The van der Waals surface area contributed by atoms with E-state index in [1.807, 2.05) is 57.2 Å². The quantitative estimate of drug-likeness (QED) is 0.0611. The zero-order valence-electron chi connectivity index (χ0n) is 39.5. The first kappa shape index (κ1) is 53.8. The third kappa shape index (κ3) is 17.4. The van der Waals surface area contributed by atoms with Crippen molar-refractivity contribution in [2.24, 2.45) is 29.4 Å². The summed E-state index contributed by atoms with van der Waals surface area (Å²) in [5.74, 6) is -6.89. The number of nitrogens with zero attached hydrogens (tertiary/aromatic N) is 2. The summed E-state index contributed by atoms with van der Waals surface area (Å²) in [6, 6.07) is 13.5. The van der Waals surface area contributed by atoms with Gasteiger partial charge in [-0.3, -0.25) is 28.5 Å². The molecule has 3 rings (SSSR count). The second-order valence-corrected chi connectivity index (χ2v) is 21.1. The van der Waals surface area contributed by atoms with Crippen molar-refractivity contribution in [3.63, 3.8) is 0 Å². The van der Waals surface area contributed by atoms with E-state index in [1.165, 1.54) is 24.5 Å². The van der Waals surface area contributed by atoms with Crippen molar-refractivity contribution in [1.82, 2.24) is 36.1 Å². The van der Waals surface area contributed by atoms with E-state index < -0.39 is 102 Å². The largest absolute Gasteiger partial charge is 0.444 e. The molecule has 3 aromatic rings. The number of aromatic nitrogens is 2. The second kappa shape index (κ2) is 24.7. The van der Waals surface area contributed by atoms with Gasteiger partial charge in [-0.05, 0) is 56.1 Å². The highest BCUT2D eigenvalue weighted by atomic mass is 31.2. The van der Waals surface area contributed by atoms with E-state index in [2.05, 4.69) is 31.2 Å². The van der Waals surface area contributed by atoms with Crippen LogP contribution in [0.4, 0.5) is 4.79 Å². The van der Waals surface area contributed by atoms with Crippen molar-refractivity contribution < 1.29 is 43.0 Å². The number of amides is 6. The van der Waals surface area contributed by atoms with Gasteiger partial charge in [0, 0.05) is 50.3 Å². The van der Waals surface area contributed by atoms with Gasteiger partial charge >= 0.3 is 6.09 Å². The number of alkyl carbamates (subject to hydrolysis) is 1. The Balaban J connectivity index is 1.94. The van der Waals surface area contributed by atoms with Crippen LogP contribution in [-0.4, -0.2) is 104 Å². The van der Waals surface area contributed by atoms with Gasteiger partial charge in [-0.1, -0.05) is 109 Å². The van der Waals surface area contributed by atoms with Crippen LogP contribution in [0.25, 0.3) is 0 Å². The number of carbonyl (C=O) groups excluding carboxylic acids is 6. The highest BCUT2D eigenvalue weighted by Crippen LogP contribution is 2.50. The summed E-state index contributed by atoms with van der Waals surface area (Å²) in [5, 5.41) is 11.0. The van der Waals surface area contributed by atoms with Gasteiger partial charge in [0.05, 0.1) is 6.33 Å². The van der Waals surface area contributed by atoms with Crippen LogP contribution in [0, 0.1) is 23.7 Å². The lowest BCUT2D eigenvalue weighted by Crippen LogP contribution is -2.57. The molecule has 0 spiro atoms. The van der Waals surface area contributed by atoms with Gasteiger partial charge in [0.15, 0.2) is 0 Å². The summed E-state index contributed by atoms with van der Waals surface area (Å²) in [6.45, 7) is 15.8. The lowest BCUT2D eigenvalue weighted by atomic mass is 9.93. The first-order valence-corrected chi connectivity index (χ1v) is 24.2. The van der Waals surface area contributed by atoms with E-state index in [9.17, 15) is 38.2 Å². The number of nitrogens with two attached hydrogens (primary N) is 1. The van der Waals surface area contributed by atoms with Crippen molar-refractivity contribution in [3.05, 3.63) is 90.0 Å². The van der Waals surface area contributed by atoms with Gasteiger partial charge in [0.25, 0.3) is 0 Å². The van der Waals surface area contributed by atoms with Gasteiger partial charge in [-0.25, -0.2) is 9.78 Å². The Morgan fingerprint density at radius 3 is 1.89 bits per heavy atom. The fraction of sp³-hybridized carbons (Fsp3) is 0.553. The molecule has 8 atom stereocenters. The number of aromatic amines is 1. The molecule has 8 N–H and O–H groups in total. The van der Waals surface area contributed by atoms with E-state index in [0.29, 0.717) is 17.7 Å². The molecule has 358 valence electrons. The fourth-order valence-electron chi connectivity index (χ4n) is 7.24. The first-order valence-electron chi connectivity index (χ1n) is 22.2. The number of likely N-dealkylation sites (N-methyl/N-ethyl adjacent to an activating group) is 1. The number of imidazole rings is 1. The minimum atomic E-state index is -4.46. The molecule has 3 unspecified atom stereocenters. The smallest absolute Gasteiger partial charge is 0.408 e. The summed E-state index contributed by atoms with van der Waals surface area (Å²) < 4.78 is 20.2. The fourth-order valence-corrected chi connectivity index (χ4v) is 9.73. The third-order valence-corrected chi connectivity index (χ3v) is 13.4. The van der Waals surface area contributed by atoms with Crippen LogP contribution < -0.4 is 27.0 Å². The highest BCUT2D eigenvalue weighted by Gasteiger charge is 2.42. The molecule has 65 heavy (non-hydrogen) atoms. The van der Waals surface area contributed by atoms with Crippen molar-refractivity contribution >= 4 is 43.0 Å². The number of hydrogen-bond acceptors (Lipinski definition) is 9. The molecule has 2 aromatic carbocycles. The number of nitrogens with one attached hydrogen (secondary N) is 5. The summed E-state index contributed by atoms with van der Waals surface area (Å²) >= 11 is 0. The predicted molar refractivity (Wildman–Crippen MR) is 249 cm³/mol. The van der Waals surface area contributed by atoms with Crippen LogP contribution >= 0.6 is 7.37 Å². The second-order valence-electron chi connectivity index (χ2n) is 18.6. The Kier molecular flexibility index (Phi) is 20.4. The molecule has 1 heterocycles. The molecule has 1 aromatic heterocycles. The summed E-state index contributed by atoms with van der Waals surface area (Å²) in [4.78, 5) is 102. The van der Waals surface area contributed by atoms with E-state index in [-0.39, 0.29) is 31.6 Å². The average Bonchev–Trinajstić information content (AvgIpc) is 3.75. The summed E-state index contributed by atoms with van der Waals surface area (Å²) in [7, 11) is -3.01. The lowest BCUT2D eigenvalue weighted by Gasteiger charge is -2.34. The standard InChI is InChI=1S/C47H71N8O9P/c1-11-31(6)40(44(59)51-36(41(48)56)25-34-26-49-28-50-34)54-42(57)35(30(4)5)27-65(62,63)39(22-29(2)3)53-43(58)38(24-33-20-16-13-17-21-33)55(10)45(60)37(23-32-18-14-12-15-19-32)52-46(61)64-47(7,8)9/h12-21,26,28-31,35-40H,11,22-25,27H2,1-10H3,(H2,48,56)(H,49,50)(H,51,59)(H,52,61)(H,53,58)(H,54,57)(H,62,63)/t31-,35?,36-,37-,38-,39?,40-/m0/s1. The molecule has 0 fully saturated rings. The maximum atomic E-state index is 14.7. The number of benzene rings is 2. The summed E-state index contributed by atoms with van der Waals surface area (Å²) in [6.07, 6.45) is 2.26. The third-order valence-electron chi connectivity index (χ3n) is 11.2. The number of H-pyrrole nitrogens is 1. The number of primary amides is 1. The molecule has 0 aliphatic heterocycles. The molecule has 6 amide bonds. The average molecular weight is 923 g/mol. The lowest BCUT2D eigenvalue weighted by molar-refractivity contribution is -0.140. The zero-order chi connectivity index (χ0) is 48.6. The Bertz CT molecular complexity index is 2060. The van der Waals surface area contributed by atoms with Crippen LogP contribution in [0.1, 0.15) is 92.0 Å². The highest BCUT2D eigenvalue weighted by molar-refractivity contribution is 7.58. The van der Waals surface area contributed by atoms with Gasteiger partial charge < -0.3 is 46.5 Å². The van der Waals surface area contributed by atoms with E-state index >= 15 is 0 Å². The normalized spacial score (nSPS) is 15.8. The zero-order valence-corrected chi connectivity index (χ0v) is 40.4. The minimum absolute atomic E-state index is 0.0259. The van der Waals surface area contributed by atoms with Crippen LogP contribution in [-0.2, 0) is 52.5 Å². The maximum Gasteiger partial charge on any atom is 0.408 e. The van der Waals surface area contributed by atoms with Crippen molar-refractivity contribution in [1.29, 1.82) is 0 Å². The number of rotatable bonds is 24. The Hall–Kier alpha value is -5.54. The van der Waals surface area contributed by atoms with E-state index in [0.717, 1.165) is 5.56 Å². The predicted octanol–water partition coefficient (Wildman–Crippen LogP) is 4.69. The maximum absolute atomic E-state index is 14.7. The molecule has 0 aliphatic carbocycles. The molecule has 0 radical (unpaired) electrons. The number of ether oxygens (including phenoxy) is 1. The first-order chi connectivity index (χ1) is 30.4. The molecule has 0 bridgehead atoms. The molecule has 0 saturated carbocycles. The van der Waals surface area contributed by atoms with Gasteiger partial charge in [-0.2, -0.15) is 0 Å². The van der Waals surface area contributed by atoms with Crippen LogP contribution in [0.2, 0.25) is 0 Å². The Morgan fingerprint density at radius 2 is 1.40 bits per heavy atom. The van der Waals surface area contributed by atoms with Gasteiger partial charge in [0.1, 0.15) is 35.6 Å². The van der Waals surface area contributed by atoms with Crippen molar-refractivity contribution in [2.45, 2.75) is 130 Å². The van der Waals surface area contributed by atoms with Gasteiger partial charge in [0.2, 0.25) is 36.9 Å². The van der Waals surface area contributed by atoms with Crippen LogP contribution in [0.3, 0.4) is 0 Å². The van der Waals surface area contributed by atoms with Crippen molar-refractivity contribution in [3.8, 4) is 0 Å². The molecule has 0 saturated heterocycles. The Labute approximate surface area is 383 Å². The summed E-state index contributed by atoms with van der Waals surface area (Å²) in [5.41, 5.74) is 6.79. The molecule has 18 heteroatoms. The van der Waals surface area contributed by atoms with E-state index in [1.54, 1.807) is 65.8 Å². The molecule has 0 aliphatic rings. The molecular weight excluding hydrogens is 852 g/mol. The number of hydrogen-bond donors (Lipinski definition) is 7. The SMILES string of the molecule is CC[C@H](C)[C@H](NC(=O)C(CP(=O)(O)C(CC(C)C)NC(=O)[C@H](Cc1ccccc1)N(C)C(=O)[C@H](Cc1ccccc1)NC(=O)OC(C)(C)C)C(C)C)C(=O)N[C@@H](Cc1cnc[nH]1)C(N)=O. The van der Waals surface area contributed by atoms with Crippen molar-refractivity contribution in [2.75, 3.05) is 13.2 Å². The minimum Gasteiger partial charge on any atom is -0.444 e. The topological polar surface area (TPSA) is 255 Å². The van der Waals surface area contributed by atoms with Crippen LogP contribution in [0.5, 0.6) is 0 Å². The van der Waals surface area contributed by atoms with Crippen LogP contribution in [0.15, 0.2) is 73.2 Å². The molecule has 17 nitrogen and oxygen atoms in total. The monoisotopic (exact) mass is 923 g/mol. The Morgan fingerprint density at radius 1 is 0.815 bits per heavy atom.